The highest BCUT2D eigenvalue weighted by atomic mass is 16.5. The van der Waals surface area contributed by atoms with E-state index in [1.165, 1.54) is 0 Å². The fourth-order valence-corrected chi connectivity index (χ4v) is 5.67. The molecule has 0 bridgehead atoms. The van der Waals surface area contributed by atoms with Gasteiger partial charge in [0.05, 0.1) is 18.1 Å². The summed E-state index contributed by atoms with van der Waals surface area (Å²) < 4.78 is 5.01. The first kappa shape index (κ1) is 20.7. The van der Waals surface area contributed by atoms with Crippen LogP contribution in [0, 0.1) is 12.8 Å². The molecule has 3 aliphatic rings. The minimum Gasteiger partial charge on any atom is -0.462 e. The summed E-state index contributed by atoms with van der Waals surface area (Å²) in [5.74, 6) is -1.18. The number of aryl methyl sites for hydroxylation is 1. The van der Waals surface area contributed by atoms with E-state index in [1.54, 1.807) is 31.2 Å². The zero-order chi connectivity index (χ0) is 22.5. The van der Waals surface area contributed by atoms with Gasteiger partial charge in [0.2, 0.25) is 11.8 Å². The first-order chi connectivity index (χ1) is 15.4. The van der Waals surface area contributed by atoms with Gasteiger partial charge in [-0.1, -0.05) is 17.7 Å². The molecule has 3 heterocycles. The Labute approximate surface area is 187 Å². The molecule has 2 saturated heterocycles. The van der Waals surface area contributed by atoms with Gasteiger partial charge in [-0.3, -0.25) is 14.5 Å². The fourth-order valence-electron chi connectivity index (χ4n) is 5.67. The minimum absolute atomic E-state index is 0.111. The van der Waals surface area contributed by atoms with Crippen molar-refractivity contribution < 1.29 is 19.1 Å². The second-order valence-electron chi connectivity index (χ2n) is 8.83. The summed E-state index contributed by atoms with van der Waals surface area (Å²) in [5.41, 5.74) is 2.82. The number of carbonyl (C=O) groups excluding carboxylic acids is 3. The monoisotopic (exact) mass is 433 g/mol. The molecule has 2 aromatic rings. The molecule has 2 aromatic carbocycles. The molecule has 0 aliphatic carbocycles. The molecule has 0 unspecified atom stereocenters. The third-order valence-corrected chi connectivity index (χ3v) is 7.00. The van der Waals surface area contributed by atoms with E-state index < -0.39 is 17.4 Å². The smallest absolute Gasteiger partial charge is 0.338 e. The molecule has 32 heavy (non-hydrogen) atoms. The number of nitrogens with one attached hydrogen (secondary N) is 2. The molecular weight excluding hydrogens is 406 g/mol. The molecule has 2 fully saturated rings. The Balaban J connectivity index is 1.47. The Bertz CT molecular complexity index is 1100. The largest absolute Gasteiger partial charge is 0.462 e. The van der Waals surface area contributed by atoms with Gasteiger partial charge in [-0.2, -0.15) is 0 Å². The van der Waals surface area contributed by atoms with Gasteiger partial charge in [-0.25, -0.2) is 4.79 Å². The van der Waals surface area contributed by atoms with E-state index in [1.807, 2.05) is 25.1 Å². The molecule has 3 atom stereocenters. The number of nitrogens with zero attached hydrogens (tertiary/aromatic N) is 1. The van der Waals surface area contributed by atoms with E-state index >= 15 is 0 Å². The first-order valence-corrected chi connectivity index (χ1v) is 11.2. The second-order valence-corrected chi connectivity index (χ2v) is 8.83. The number of hydrogen-bond acceptors (Lipinski definition) is 5. The molecule has 2 amide bonds. The van der Waals surface area contributed by atoms with E-state index in [9.17, 15) is 14.4 Å². The number of fused-ring (bicyclic) bond motifs is 4. The highest BCUT2D eigenvalue weighted by Gasteiger charge is 2.65. The Morgan fingerprint density at radius 3 is 2.75 bits per heavy atom. The van der Waals surface area contributed by atoms with Crippen LogP contribution in [0.5, 0.6) is 0 Å². The highest BCUT2D eigenvalue weighted by molar-refractivity contribution is 6.10. The standard InChI is InChI=1S/C25H27N3O4/c1-3-32-23(30)16-7-9-17(10-8-16)26-22(29)20-14-18-5-4-12-28(18)25(20)19-13-15(2)6-11-21(19)27-24(25)31/h6-11,13,18,20H,3-5,12,14H2,1-2H3,(H,26,29)(H,27,31)/t18-,20+,25-/m0/s1. The zero-order valence-electron chi connectivity index (χ0n) is 18.3. The summed E-state index contributed by atoms with van der Waals surface area (Å²) in [7, 11) is 0. The van der Waals surface area contributed by atoms with Gasteiger partial charge < -0.3 is 15.4 Å². The molecule has 0 radical (unpaired) electrons. The van der Waals surface area contributed by atoms with Gasteiger partial charge in [0.25, 0.3) is 0 Å². The number of anilines is 2. The molecule has 7 heteroatoms. The van der Waals surface area contributed by atoms with E-state index in [2.05, 4.69) is 15.5 Å². The van der Waals surface area contributed by atoms with Crippen molar-refractivity contribution in [3.05, 3.63) is 59.2 Å². The lowest BCUT2D eigenvalue weighted by molar-refractivity contribution is -0.135. The van der Waals surface area contributed by atoms with Crippen molar-refractivity contribution in [1.82, 2.24) is 4.90 Å². The zero-order valence-corrected chi connectivity index (χ0v) is 18.3. The van der Waals surface area contributed by atoms with Crippen molar-refractivity contribution >= 4 is 29.2 Å². The normalized spacial score (nSPS) is 26.0. The highest BCUT2D eigenvalue weighted by Crippen LogP contribution is 2.55. The lowest BCUT2D eigenvalue weighted by atomic mass is 9.78. The van der Waals surface area contributed by atoms with Crippen molar-refractivity contribution in [1.29, 1.82) is 0 Å². The molecule has 0 aromatic heterocycles. The van der Waals surface area contributed by atoms with E-state index in [0.717, 1.165) is 36.2 Å². The van der Waals surface area contributed by atoms with Crippen molar-refractivity contribution in [3.63, 3.8) is 0 Å². The summed E-state index contributed by atoms with van der Waals surface area (Å²) in [6, 6.07) is 12.8. The molecule has 5 rings (SSSR count). The van der Waals surface area contributed by atoms with Crippen LogP contribution in [0.1, 0.15) is 47.7 Å². The Hall–Kier alpha value is -3.19. The predicted octanol–water partition coefficient (Wildman–Crippen LogP) is 3.44. The molecule has 0 saturated carbocycles. The number of benzene rings is 2. The summed E-state index contributed by atoms with van der Waals surface area (Å²) in [6.07, 6.45) is 2.67. The lowest BCUT2D eigenvalue weighted by Crippen LogP contribution is -2.53. The fraction of sp³-hybridized carbons (Fsp3) is 0.400. The number of hydrogen-bond donors (Lipinski definition) is 2. The van der Waals surface area contributed by atoms with Crippen molar-refractivity contribution in [2.24, 2.45) is 5.92 Å². The summed E-state index contributed by atoms with van der Waals surface area (Å²) >= 11 is 0. The van der Waals surface area contributed by atoms with Gasteiger partial charge >= 0.3 is 5.97 Å². The van der Waals surface area contributed by atoms with Crippen LogP contribution < -0.4 is 10.6 Å². The van der Waals surface area contributed by atoms with E-state index in [0.29, 0.717) is 24.3 Å². The Morgan fingerprint density at radius 2 is 2.00 bits per heavy atom. The maximum absolute atomic E-state index is 13.6. The number of esters is 1. The third kappa shape index (κ3) is 3.03. The van der Waals surface area contributed by atoms with Crippen molar-refractivity contribution in [2.75, 3.05) is 23.8 Å². The van der Waals surface area contributed by atoms with Crippen molar-refractivity contribution in [3.8, 4) is 0 Å². The average molecular weight is 434 g/mol. The van der Waals surface area contributed by atoms with Crippen LogP contribution in [0.2, 0.25) is 0 Å². The number of rotatable bonds is 4. The Morgan fingerprint density at radius 1 is 1.22 bits per heavy atom. The number of carbonyl (C=O) groups is 3. The number of amides is 2. The molecule has 2 N–H and O–H groups in total. The Kier molecular flexibility index (Phi) is 5.01. The SMILES string of the molecule is CCOC(=O)c1ccc(NC(=O)[C@H]2C[C@@H]3CCCN3[C@]23C(=O)Nc2ccc(C)cc23)cc1. The maximum atomic E-state index is 13.6. The molecule has 1 spiro atoms. The second kappa shape index (κ2) is 7.74. The average Bonchev–Trinajstić information content (AvgIpc) is 3.43. The number of ether oxygens (including phenoxy) is 1. The van der Waals surface area contributed by atoms with Gasteiger partial charge in [0.1, 0.15) is 5.54 Å². The first-order valence-electron chi connectivity index (χ1n) is 11.2. The van der Waals surface area contributed by atoms with Crippen LogP contribution in [0.4, 0.5) is 11.4 Å². The topological polar surface area (TPSA) is 87.7 Å². The van der Waals surface area contributed by atoms with Gasteiger partial charge in [-0.15, -0.1) is 0 Å². The van der Waals surface area contributed by atoms with Gasteiger partial charge in [0.15, 0.2) is 0 Å². The molecular formula is C25H27N3O4. The quantitative estimate of drug-likeness (QED) is 0.722. The van der Waals surface area contributed by atoms with E-state index in [-0.39, 0.29) is 17.9 Å². The summed E-state index contributed by atoms with van der Waals surface area (Å²) in [4.78, 5) is 41.2. The molecule has 166 valence electrons. The molecule has 7 nitrogen and oxygen atoms in total. The minimum atomic E-state index is -0.975. The third-order valence-electron chi connectivity index (χ3n) is 7.00. The van der Waals surface area contributed by atoms with Gasteiger partial charge in [0, 0.05) is 23.0 Å². The van der Waals surface area contributed by atoms with Crippen LogP contribution in [0.3, 0.4) is 0 Å². The van der Waals surface area contributed by atoms with E-state index in [4.69, 9.17) is 4.74 Å². The molecule has 3 aliphatic heterocycles. The lowest BCUT2D eigenvalue weighted by Gasteiger charge is -2.36. The van der Waals surface area contributed by atoms with Crippen LogP contribution in [0.15, 0.2) is 42.5 Å². The van der Waals surface area contributed by atoms with Crippen LogP contribution >= 0.6 is 0 Å². The van der Waals surface area contributed by atoms with Crippen LogP contribution in [0.25, 0.3) is 0 Å². The van der Waals surface area contributed by atoms with Gasteiger partial charge in [-0.05, 0) is 70.0 Å². The summed E-state index contributed by atoms with van der Waals surface area (Å²) in [5, 5.41) is 6.03. The van der Waals surface area contributed by atoms with Crippen LogP contribution in [-0.4, -0.2) is 41.9 Å². The predicted molar refractivity (Wildman–Crippen MR) is 120 cm³/mol. The van der Waals surface area contributed by atoms with Crippen molar-refractivity contribution in [2.45, 2.75) is 44.7 Å². The maximum Gasteiger partial charge on any atom is 0.338 e. The summed E-state index contributed by atoms with van der Waals surface area (Å²) in [6.45, 7) is 4.88. The van der Waals surface area contributed by atoms with Crippen LogP contribution in [-0.2, 0) is 19.9 Å².